The van der Waals surface area contributed by atoms with E-state index in [1.807, 2.05) is 0 Å². The predicted molar refractivity (Wildman–Crippen MR) is 64.7 cm³/mol. The highest BCUT2D eigenvalue weighted by Gasteiger charge is 2.33. The van der Waals surface area contributed by atoms with Crippen LogP contribution in [-0.2, 0) is 19.6 Å². The van der Waals surface area contributed by atoms with Crippen molar-refractivity contribution in [2.45, 2.75) is 44.2 Å². The average Bonchev–Trinajstić information content (AvgIpc) is 2.87. The van der Waals surface area contributed by atoms with E-state index >= 15 is 0 Å². The number of rotatable bonds is 5. The Morgan fingerprint density at radius 2 is 2.11 bits per heavy atom. The minimum absolute atomic E-state index is 0.0127. The Kier molecular flexibility index (Phi) is 4.24. The van der Waals surface area contributed by atoms with E-state index in [0.29, 0.717) is 25.9 Å². The van der Waals surface area contributed by atoms with Gasteiger partial charge in [0.2, 0.25) is 10.0 Å². The third-order valence-corrected chi connectivity index (χ3v) is 5.06. The Bertz CT molecular complexity index is 402. The first-order valence-electron chi connectivity index (χ1n) is 6.31. The van der Waals surface area contributed by atoms with Crippen molar-refractivity contribution in [3.8, 4) is 0 Å². The molecular weight excluding hydrogens is 258 g/mol. The molecule has 0 aromatic rings. The minimum Gasteiger partial charge on any atom is -0.481 e. The molecule has 1 aliphatic heterocycles. The van der Waals surface area contributed by atoms with Gasteiger partial charge in [-0.25, -0.2) is 13.1 Å². The molecule has 0 spiro atoms. The number of carboxylic acids is 1. The molecule has 2 N–H and O–H groups in total. The summed E-state index contributed by atoms with van der Waals surface area (Å²) in [6.45, 7) is 0.630. The normalized spacial score (nSPS) is 32.8. The van der Waals surface area contributed by atoms with Gasteiger partial charge in [-0.05, 0) is 32.1 Å². The summed E-state index contributed by atoms with van der Waals surface area (Å²) in [6.07, 6.45) is 3.01. The first-order chi connectivity index (χ1) is 8.46. The lowest BCUT2D eigenvalue weighted by Gasteiger charge is -2.15. The second-order valence-electron chi connectivity index (χ2n) is 5.08. The molecule has 2 fully saturated rings. The Labute approximate surface area is 107 Å². The number of hydrogen-bond acceptors (Lipinski definition) is 4. The summed E-state index contributed by atoms with van der Waals surface area (Å²) in [4.78, 5) is 10.8. The van der Waals surface area contributed by atoms with Crippen molar-refractivity contribution in [1.29, 1.82) is 0 Å². The summed E-state index contributed by atoms with van der Waals surface area (Å²) in [5.41, 5.74) is 0. The third kappa shape index (κ3) is 3.66. The van der Waals surface area contributed by atoms with Gasteiger partial charge in [-0.2, -0.15) is 0 Å². The fraction of sp³-hybridized carbons (Fsp3) is 0.909. The Morgan fingerprint density at radius 3 is 2.67 bits per heavy atom. The lowest BCUT2D eigenvalue weighted by Crippen LogP contribution is -2.38. The van der Waals surface area contributed by atoms with Gasteiger partial charge >= 0.3 is 5.97 Å². The van der Waals surface area contributed by atoms with E-state index in [0.717, 1.165) is 12.8 Å². The van der Waals surface area contributed by atoms with Crippen molar-refractivity contribution in [2.75, 3.05) is 12.4 Å². The number of carbonyl (C=O) groups is 1. The van der Waals surface area contributed by atoms with E-state index in [2.05, 4.69) is 4.72 Å². The van der Waals surface area contributed by atoms with Crippen molar-refractivity contribution in [3.63, 3.8) is 0 Å². The van der Waals surface area contributed by atoms with E-state index in [9.17, 15) is 13.2 Å². The van der Waals surface area contributed by atoms with Crippen molar-refractivity contribution in [1.82, 2.24) is 4.72 Å². The average molecular weight is 277 g/mol. The maximum absolute atomic E-state index is 11.9. The van der Waals surface area contributed by atoms with Crippen LogP contribution >= 0.6 is 0 Å². The van der Waals surface area contributed by atoms with Crippen LogP contribution < -0.4 is 4.72 Å². The minimum atomic E-state index is -3.37. The van der Waals surface area contributed by atoms with Crippen LogP contribution in [0, 0.1) is 5.92 Å². The van der Waals surface area contributed by atoms with E-state index in [4.69, 9.17) is 9.84 Å². The van der Waals surface area contributed by atoms with Gasteiger partial charge in [-0.3, -0.25) is 4.79 Å². The fourth-order valence-electron chi connectivity index (χ4n) is 2.64. The number of aliphatic carboxylic acids is 1. The van der Waals surface area contributed by atoms with Crippen LogP contribution in [0.25, 0.3) is 0 Å². The van der Waals surface area contributed by atoms with Gasteiger partial charge in [0.25, 0.3) is 0 Å². The van der Waals surface area contributed by atoms with Crippen molar-refractivity contribution in [3.05, 3.63) is 0 Å². The molecule has 0 aromatic carbocycles. The molecule has 3 unspecified atom stereocenters. The first kappa shape index (κ1) is 13.8. The van der Waals surface area contributed by atoms with Crippen LogP contribution in [0.15, 0.2) is 0 Å². The van der Waals surface area contributed by atoms with Gasteiger partial charge in [0.15, 0.2) is 0 Å². The second-order valence-corrected chi connectivity index (χ2v) is 6.88. The maximum Gasteiger partial charge on any atom is 0.306 e. The molecule has 2 aliphatic rings. The molecule has 3 atom stereocenters. The lowest BCUT2D eigenvalue weighted by molar-refractivity contribution is -0.141. The molecule has 0 bridgehead atoms. The fourth-order valence-corrected chi connectivity index (χ4v) is 4.21. The van der Waals surface area contributed by atoms with Crippen LogP contribution in [0.1, 0.15) is 32.1 Å². The molecule has 0 amide bonds. The molecule has 104 valence electrons. The zero-order chi connectivity index (χ0) is 13.2. The zero-order valence-corrected chi connectivity index (χ0v) is 11.0. The van der Waals surface area contributed by atoms with E-state index in [-0.39, 0.29) is 17.9 Å². The highest BCUT2D eigenvalue weighted by Crippen LogP contribution is 2.26. The van der Waals surface area contributed by atoms with Crippen LogP contribution in [0.5, 0.6) is 0 Å². The molecule has 1 saturated heterocycles. The SMILES string of the molecule is O=C(O)C1CCC(NS(=O)(=O)CC2CCCO2)C1. The van der Waals surface area contributed by atoms with Gasteiger partial charge in [0, 0.05) is 12.6 Å². The standard InChI is InChI=1S/C11H19NO5S/c13-11(14)8-3-4-9(6-8)12-18(15,16)7-10-2-1-5-17-10/h8-10,12H,1-7H2,(H,13,14). The largest absolute Gasteiger partial charge is 0.481 e. The summed E-state index contributed by atoms with van der Waals surface area (Å²) in [6, 6.07) is -0.238. The van der Waals surface area contributed by atoms with Crippen molar-refractivity contribution >= 4 is 16.0 Å². The lowest BCUT2D eigenvalue weighted by atomic mass is 10.1. The number of carboxylic acid groups (broad SMARTS) is 1. The molecule has 1 aliphatic carbocycles. The summed E-state index contributed by atoms with van der Waals surface area (Å²) in [5, 5.41) is 8.86. The van der Waals surface area contributed by atoms with Gasteiger partial charge in [-0.15, -0.1) is 0 Å². The number of hydrogen-bond donors (Lipinski definition) is 2. The molecule has 1 saturated carbocycles. The summed E-state index contributed by atoms with van der Waals surface area (Å²) in [7, 11) is -3.37. The van der Waals surface area contributed by atoms with E-state index < -0.39 is 21.9 Å². The van der Waals surface area contributed by atoms with Crippen LogP contribution in [-0.4, -0.2) is 44.0 Å². The molecule has 0 aromatic heterocycles. The van der Waals surface area contributed by atoms with E-state index in [1.165, 1.54) is 0 Å². The zero-order valence-electron chi connectivity index (χ0n) is 10.2. The Balaban J connectivity index is 1.83. The van der Waals surface area contributed by atoms with Crippen LogP contribution in [0.4, 0.5) is 0 Å². The predicted octanol–water partition coefficient (Wildman–Crippen LogP) is 0.338. The third-order valence-electron chi connectivity index (χ3n) is 3.56. The molecule has 18 heavy (non-hydrogen) atoms. The van der Waals surface area contributed by atoms with Crippen molar-refractivity contribution in [2.24, 2.45) is 5.92 Å². The quantitative estimate of drug-likeness (QED) is 0.756. The number of sulfonamides is 1. The molecule has 7 heteroatoms. The monoisotopic (exact) mass is 277 g/mol. The summed E-state index contributed by atoms with van der Waals surface area (Å²) >= 11 is 0. The summed E-state index contributed by atoms with van der Waals surface area (Å²) < 4.78 is 31.7. The first-order valence-corrected chi connectivity index (χ1v) is 7.96. The molecular formula is C11H19NO5S. The molecule has 6 nitrogen and oxygen atoms in total. The van der Waals surface area contributed by atoms with Crippen LogP contribution in [0.3, 0.4) is 0 Å². The highest BCUT2D eigenvalue weighted by molar-refractivity contribution is 7.89. The topological polar surface area (TPSA) is 92.7 Å². The van der Waals surface area contributed by atoms with E-state index in [1.54, 1.807) is 0 Å². The van der Waals surface area contributed by atoms with Gasteiger partial charge < -0.3 is 9.84 Å². The van der Waals surface area contributed by atoms with Gasteiger partial charge in [0.1, 0.15) is 0 Å². The van der Waals surface area contributed by atoms with Gasteiger partial charge in [0.05, 0.1) is 17.8 Å². The van der Waals surface area contributed by atoms with Gasteiger partial charge in [-0.1, -0.05) is 0 Å². The molecule has 2 rings (SSSR count). The Morgan fingerprint density at radius 1 is 1.33 bits per heavy atom. The molecule has 0 radical (unpaired) electrons. The maximum atomic E-state index is 11.9. The highest BCUT2D eigenvalue weighted by atomic mass is 32.2. The van der Waals surface area contributed by atoms with Crippen LogP contribution in [0.2, 0.25) is 0 Å². The number of nitrogens with one attached hydrogen (secondary N) is 1. The Hall–Kier alpha value is -0.660. The molecule has 1 heterocycles. The smallest absolute Gasteiger partial charge is 0.306 e. The van der Waals surface area contributed by atoms with Crippen molar-refractivity contribution < 1.29 is 23.1 Å². The second kappa shape index (κ2) is 5.54. The number of ether oxygens (including phenoxy) is 1. The summed E-state index contributed by atoms with van der Waals surface area (Å²) in [5.74, 6) is -1.27.